The number of hydrogen-bond acceptors (Lipinski definition) is 5. The molecule has 0 spiro atoms. The fraction of sp³-hybridized carbons (Fsp3) is 0.333. The van der Waals surface area contributed by atoms with Crippen LogP contribution in [0.4, 0.5) is 5.69 Å². The van der Waals surface area contributed by atoms with Crippen molar-refractivity contribution in [2.75, 3.05) is 30.3 Å². The van der Waals surface area contributed by atoms with Gasteiger partial charge in [-0.15, -0.1) is 10.2 Å². The lowest BCUT2D eigenvalue weighted by atomic mass is 10.2. The number of anilines is 1. The molecule has 0 aliphatic carbocycles. The minimum Gasteiger partial charge on any atom is -0.341 e. The lowest BCUT2D eigenvalue weighted by Crippen LogP contribution is -2.31. The van der Waals surface area contributed by atoms with Crippen molar-refractivity contribution >= 4 is 46.1 Å². The van der Waals surface area contributed by atoms with E-state index in [1.807, 2.05) is 61.2 Å². The normalized spacial score (nSPS) is 15.6. The highest BCUT2D eigenvalue weighted by Crippen LogP contribution is 2.30. The van der Waals surface area contributed by atoms with E-state index in [0.717, 1.165) is 49.1 Å². The second-order valence-electron chi connectivity index (χ2n) is 8.49. The molecule has 2 aliphatic heterocycles. The van der Waals surface area contributed by atoms with E-state index >= 15 is 0 Å². The van der Waals surface area contributed by atoms with Crippen LogP contribution in [0.2, 0.25) is 0 Å². The molecule has 0 atom stereocenters. The van der Waals surface area contributed by atoms with Crippen LogP contribution < -0.4 is 4.90 Å². The van der Waals surface area contributed by atoms with Crippen molar-refractivity contribution in [1.82, 2.24) is 24.1 Å². The molecule has 2 aromatic carbocycles. The number of carbonyl (C=O) groups excluding carboxylic acids is 2. The number of fused-ring (bicyclic) bond motifs is 4. The quantitative estimate of drug-likeness (QED) is 0.428. The van der Waals surface area contributed by atoms with E-state index in [1.54, 1.807) is 0 Å². The highest BCUT2D eigenvalue weighted by molar-refractivity contribution is 7.99. The number of carbonyl (C=O) groups is 2. The highest BCUT2D eigenvalue weighted by atomic mass is 32.2. The number of nitrogens with zero attached hydrogens (tertiary/aromatic N) is 6. The van der Waals surface area contributed by atoms with Crippen molar-refractivity contribution in [2.45, 2.75) is 31.0 Å². The number of para-hydroxylation sites is 3. The Hall–Kier alpha value is -3.33. The summed E-state index contributed by atoms with van der Waals surface area (Å²) in [5, 5.41) is 9.44. The van der Waals surface area contributed by atoms with Crippen molar-refractivity contribution in [3.8, 4) is 0 Å². The van der Waals surface area contributed by atoms with Crippen LogP contribution in [0.1, 0.15) is 18.4 Å². The first kappa shape index (κ1) is 20.3. The molecule has 6 rings (SSSR count). The second kappa shape index (κ2) is 8.22. The summed E-state index contributed by atoms with van der Waals surface area (Å²) < 4.78 is 3.90. The van der Waals surface area contributed by atoms with Gasteiger partial charge in [0.15, 0.2) is 5.16 Å². The van der Waals surface area contributed by atoms with Crippen LogP contribution in [-0.4, -0.2) is 61.3 Å². The Labute approximate surface area is 195 Å². The Morgan fingerprint density at radius 3 is 2.48 bits per heavy atom. The second-order valence-corrected chi connectivity index (χ2v) is 9.44. The minimum atomic E-state index is 0.0645. The zero-order valence-electron chi connectivity index (χ0n) is 18.2. The topological polar surface area (TPSA) is 75.7 Å². The molecule has 33 heavy (non-hydrogen) atoms. The molecule has 0 saturated carbocycles. The summed E-state index contributed by atoms with van der Waals surface area (Å²) >= 11 is 1.39. The first-order chi connectivity index (χ1) is 16.2. The monoisotopic (exact) mass is 460 g/mol. The first-order valence-corrected chi connectivity index (χ1v) is 12.3. The van der Waals surface area contributed by atoms with E-state index in [-0.39, 0.29) is 24.1 Å². The summed E-state index contributed by atoms with van der Waals surface area (Å²) in [5.41, 5.74) is 4.10. The Morgan fingerprint density at radius 1 is 0.879 bits per heavy atom. The van der Waals surface area contributed by atoms with Gasteiger partial charge in [-0.1, -0.05) is 42.1 Å². The molecule has 4 heterocycles. The molecule has 168 valence electrons. The molecule has 1 saturated heterocycles. The van der Waals surface area contributed by atoms with Crippen molar-refractivity contribution in [3.63, 3.8) is 0 Å². The third-order valence-electron chi connectivity index (χ3n) is 6.54. The molecule has 0 unspecified atom stereocenters. The first-order valence-electron chi connectivity index (χ1n) is 11.3. The maximum Gasteiger partial charge on any atom is 0.242 e. The molecule has 4 aromatic rings. The van der Waals surface area contributed by atoms with Gasteiger partial charge in [0.25, 0.3) is 0 Å². The minimum absolute atomic E-state index is 0.0645. The number of amides is 2. The van der Waals surface area contributed by atoms with Crippen LogP contribution in [0.15, 0.2) is 53.7 Å². The maximum atomic E-state index is 13.0. The van der Waals surface area contributed by atoms with Gasteiger partial charge in [0.05, 0.1) is 16.8 Å². The number of benzene rings is 2. The average molecular weight is 461 g/mol. The lowest BCUT2D eigenvalue weighted by molar-refractivity contribution is -0.130. The molecule has 2 aromatic heterocycles. The predicted molar refractivity (Wildman–Crippen MR) is 128 cm³/mol. The number of rotatable bonds is 5. The molecule has 2 amide bonds. The van der Waals surface area contributed by atoms with Gasteiger partial charge < -0.3 is 9.80 Å². The zero-order valence-corrected chi connectivity index (χ0v) is 19.0. The van der Waals surface area contributed by atoms with E-state index in [0.29, 0.717) is 17.5 Å². The van der Waals surface area contributed by atoms with Crippen molar-refractivity contribution < 1.29 is 9.59 Å². The molecule has 0 N–H and O–H groups in total. The van der Waals surface area contributed by atoms with Crippen molar-refractivity contribution in [1.29, 1.82) is 0 Å². The number of hydrogen-bond donors (Lipinski definition) is 0. The lowest BCUT2D eigenvalue weighted by Gasteiger charge is -2.16. The highest BCUT2D eigenvalue weighted by Gasteiger charge is 2.26. The van der Waals surface area contributed by atoms with Gasteiger partial charge in [-0.3, -0.25) is 18.6 Å². The van der Waals surface area contributed by atoms with Crippen LogP contribution in [-0.2, 0) is 22.6 Å². The standard InChI is InChI=1S/C24H24N6O2S/c31-21(27-12-5-6-13-27)15-29-19-9-3-4-10-20(19)30-23(29)25-26-24(30)33-16-22(32)28-14-11-17-7-1-2-8-18(17)28/h1-4,7-10H,5-6,11-16H2. The molecule has 2 aliphatic rings. The van der Waals surface area contributed by atoms with E-state index in [2.05, 4.69) is 16.3 Å². The largest absolute Gasteiger partial charge is 0.341 e. The van der Waals surface area contributed by atoms with Crippen LogP contribution in [0.5, 0.6) is 0 Å². The molecule has 0 bridgehead atoms. The summed E-state index contributed by atoms with van der Waals surface area (Å²) in [5.74, 6) is 1.08. The Bertz CT molecular complexity index is 1370. The van der Waals surface area contributed by atoms with Crippen molar-refractivity contribution in [3.05, 3.63) is 54.1 Å². The third-order valence-corrected chi connectivity index (χ3v) is 7.45. The molecule has 9 heteroatoms. The SMILES string of the molecule is O=C(Cn1c2ccccc2n2c(SCC(=O)N3CCc4ccccc43)nnc12)N1CCCC1. The Kier molecular flexibility index (Phi) is 5.05. The summed E-state index contributed by atoms with van der Waals surface area (Å²) in [6.07, 6.45) is 3.02. The average Bonchev–Trinajstić information content (AvgIpc) is 3.63. The Morgan fingerprint density at radius 2 is 1.64 bits per heavy atom. The molecular formula is C24H24N6O2S. The van der Waals surface area contributed by atoms with Gasteiger partial charge in [-0.2, -0.15) is 0 Å². The fourth-order valence-electron chi connectivity index (χ4n) is 4.89. The molecular weight excluding hydrogens is 436 g/mol. The van der Waals surface area contributed by atoms with E-state index in [4.69, 9.17) is 0 Å². The van der Waals surface area contributed by atoms with E-state index in [9.17, 15) is 9.59 Å². The summed E-state index contributed by atoms with van der Waals surface area (Å²) in [6.45, 7) is 2.60. The maximum absolute atomic E-state index is 13.0. The van der Waals surface area contributed by atoms with Gasteiger partial charge in [-0.25, -0.2) is 0 Å². The number of thioether (sulfide) groups is 1. The number of aromatic nitrogens is 4. The summed E-state index contributed by atoms with van der Waals surface area (Å²) in [4.78, 5) is 29.6. The summed E-state index contributed by atoms with van der Waals surface area (Å²) in [6, 6.07) is 16.0. The van der Waals surface area contributed by atoms with Crippen molar-refractivity contribution in [2.24, 2.45) is 0 Å². The number of likely N-dealkylation sites (tertiary alicyclic amines) is 1. The predicted octanol–water partition coefficient (Wildman–Crippen LogP) is 2.99. The van der Waals surface area contributed by atoms with Gasteiger partial charge >= 0.3 is 0 Å². The molecule has 1 fully saturated rings. The molecule has 0 radical (unpaired) electrons. The van der Waals surface area contributed by atoms with Gasteiger partial charge in [0.1, 0.15) is 6.54 Å². The third kappa shape index (κ3) is 3.47. The zero-order chi connectivity index (χ0) is 22.4. The fourth-order valence-corrected chi connectivity index (χ4v) is 5.71. The van der Waals surface area contributed by atoms with Crippen LogP contribution in [0, 0.1) is 0 Å². The Balaban J connectivity index is 1.28. The summed E-state index contributed by atoms with van der Waals surface area (Å²) in [7, 11) is 0. The smallest absolute Gasteiger partial charge is 0.242 e. The van der Waals surface area contributed by atoms with Crippen LogP contribution >= 0.6 is 11.8 Å². The van der Waals surface area contributed by atoms with Crippen LogP contribution in [0.25, 0.3) is 16.8 Å². The number of imidazole rings is 1. The molecule has 8 nitrogen and oxygen atoms in total. The van der Waals surface area contributed by atoms with E-state index in [1.165, 1.54) is 17.3 Å². The van der Waals surface area contributed by atoms with Gasteiger partial charge in [0, 0.05) is 25.3 Å². The van der Waals surface area contributed by atoms with Crippen LogP contribution in [0.3, 0.4) is 0 Å². The van der Waals surface area contributed by atoms with Gasteiger partial charge in [-0.05, 0) is 43.0 Å². The van der Waals surface area contributed by atoms with Gasteiger partial charge in [0.2, 0.25) is 17.6 Å². The van der Waals surface area contributed by atoms with E-state index < -0.39 is 0 Å².